The van der Waals surface area contributed by atoms with Crippen LogP contribution in [-0.4, -0.2) is 42.3 Å². The number of aliphatic hydroxyl groups excluding tert-OH is 1. The normalized spacial score (nSPS) is 25.7. The molecule has 0 aromatic heterocycles. The number of nitrogens with one attached hydrogen (secondary N) is 1. The topological polar surface area (TPSA) is 66.5 Å². The fourth-order valence-electron chi connectivity index (χ4n) is 2.74. The summed E-state index contributed by atoms with van der Waals surface area (Å²) in [5.74, 6) is 0.791. The van der Waals surface area contributed by atoms with E-state index in [1.165, 1.54) is 12.0 Å². The molecule has 0 aromatic carbocycles. The molecule has 4 atom stereocenters. The molecule has 2 heterocycles. The van der Waals surface area contributed by atoms with Crippen molar-refractivity contribution >= 4 is 12.0 Å². The molecule has 2 fully saturated rings. The Balaban J connectivity index is 1.34. The highest BCUT2D eigenvalue weighted by atomic mass is 32.2. The molecule has 5 nitrogen and oxygen atoms in total. The van der Waals surface area contributed by atoms with Crippen LogP contribution in [0.5, 0.6) is 0 Å². The number of aliphatic hydroxyl groups is 1. The molecule has 178 valence electrons. The predicted molar refractivity (Wildman–Crippen MR) is 134 cm³/mol. The van der Waals surface area contributed by atoms with Gasteiger partial charge in [-0.3, -0.25) is 9.50 Å². The van der Waals surface area contributed by atoms with Crippen molar-refractivity contribution < 1.29 is 18.8 Å². The molecule has 2 rings (SSSR count). The monoisotopic (exact) mass is 461 g/mol. The van der Waals surface area contributed by atoms with Crippen LogP contribution in [0.2, 0.25) is 0 Å². The molecule has 0 aliphatic carbocycles. The van der Waals surface area contributed by atoms with E-state index in [1.807, 2.05) is 0 Å². The Bertz CT molecular complexity index is 656. The second kappa shape index (κ2) is 18.1. The van der Waals surface area contributed by atoms with Gasteiger partial charge in [-0.05, 0) is 57.0 Å². The summed E-state index contributed by atoms with van der Waals surface area (Å²) in [6.07, 6.45) is 32.6. The van der Waals surface area contributed by atoms with Gasteiger partial charge in [-0.2, -0.15) is 0 Å². The molecule has 0 bridgehead atoms. The molecule has 6 heteroatoms. The highest BCUT2D eigenvalue weighted by Gasteiger charge is 2.39. The van der Waals surface area contributed by atoms with Gasteiger partial charge in [0.15, 0.2) is 18.8 Å². The molecule has 2 aliphatic heterocycles. The molecule has 0 spiro atoms. The van der Waals surface area contributed by atoms with Crippen molar-refractivity contribution in [3.8, 4) is 0 Å². The van der Waals surface area contributed by atoms with Gasteiger partial charge in [-0.25, -0.2) is 0 Å². The minimum atomic E-state index is -0.640. The highest BCUT2D eigenvalue weighted by Crippen LogP contribution is 2.30. The molecule has 2 N–H and O–H groups in total. The SMILES string of the molecule is CCC=CCC=CCC=CCC=CCC=CCC=CCC1OC1OSCCNC1OC1O. The Labute approximate surface area is 198 Å². The maximum Gasteiger partial charge on any atom is 0.197 e. The number of rotatable bonds is 19. The Morgan fingerprint density at radius 2 is 1.28 bits per heavy atom. The van der Waals surface area contributed by atoms with Crippen molar-refractivity contribution in [2.24, 2.45) is 0 Å². The van der Waals surface area contributed by atoms with Gasteiger partial charge in [0.2, 0.25) is 0 Å². The first-order chi connectivity index (χ1) is 15.8. The zero-order valence-corrected chi connectivity index (χ0v) is 20.0. The summed E-state index contributed by atoms with van der Waals surface area (Å²) in [5, 5.41) is 12.1. The molecule has 4 unspecified atom stereocenters. The zero-order valence-electron chi connectivity index (χ0n) is 19.2. The molecular weight excluding hydrogens is 422 g/mol. The first kappa shape index (κ1) is 26.8. The standard InChI is InChI=1S/C26H39NO4S/c1-2-3-4-5-6-7-8-9-10-11-12-13-14-15-16-17-18-19-20-23-26(29-23)31-32-22-21-27-24-25(28)30-24/h3-4,6-7,9-10,12-13,15-16,18-19,23-28H,2,5,8,11,14,17,20-22H2,1H3. The van der Waals surface area contributed by atoms with E-state index >= 15 is 0 Å². The van der Waals surface area contributed by atoms with E-state index in [4.69, 9.17) is 18.8 Å². The summed E-state index contributed by atoms with van der Waals surface area (Å²) in [6.45, 7) is 2.89. The lowest BCUT2D eigenvalue weighted by Gasteiger charge is -1.99. The smallest absolute Gasteiger partial charge is 0.197 e. The summed E-state index contributed by atoms with van der Waals surface area (Å²) >= 11 is 1.39. The third-order valence-electron chi connectivity index (χ3n) is 4.66. The average molecular weight is 462 g/mol. The molecular formula is C26H39NO4S. The summed E-state index contributed by atoms with van der Waals surface area (Å²) in [7, 11) is 0. The van der Waals surface area contributed by atoms with Crippen LogP contribution in [0.1, 0.15) is 51.9 Å². The second-order valence-electron chi connectivity index (χ2n) is 7.51. The zero-order chi connectivity index (χ0) is 22.7. The van der Waals surface area contributed by atoms with Gasteiger partial charge in [0.1, 0.15) is 6.10 Å². The second-order valence-corrected chi connectivity index (χ2v) is 8.35. The fraction of sp³-hybridized carbons (Fsp3) is 0.538. The summed E-state index contributed by atoms with van der Waals surface area (Å²) in [6, 6.07) is 0. The number of hydrogen-bond donors (Lipinski definition) is 2. The summed E-state index contributed by atoms with van der Waals surface area (Å²) < 4.78 is 15.9. The van der Waals surface area contributed by atoms with Crippen LogP contribution < -0.4 is 5.32 Å². The molecule has 0 aromatic rings. The molecule has 2 saturated heterocycles. The lowest BCUT2D eigenvalue weighted by atomic mass is 10.2. The minimum absolute atomic E-state index is 0.0962. The van der Waals surface area contributed by atoms with E-state index in [1.54, 1.807) is 0 Å². The van der Waals surface area contributed by atoms with Crippen molar-refractivity contribution in [3.63, 3.8) is 0 Å². The van der Waals surface area contributed by atoms with Crippen molar-refractivity contribution in [3.05, 3.63) is 72.9 Å². The lowest BCUT2D eigenvalue weighted by Crippen LogP contribution is -2.22. The van der Waals surface area contributed by atoms with E-state index in [9.17, 15) is 0 Å². The van der Waals surface area contributed by atoms with Crippen molar-refractivity contribution in [1.82, 2.24) is 5.32 Å². The van der Waals surface area contributed by atoms with Crippen LogP contribution in [0.15, 0.2) is 72.9 Å². The number of hydrogen-bond acceptors (Lipinski definition) is 6. The number of ether oxygens (including phenoxy) is 2. The van der Waals surface area contributed by atoms with Gasteiger partial charge in [0, 0.05) is 12.3 Å². The third-order valence-corrected chi connectivity index (χ3v) is 5.36. The van der Waals surface area contributed by atoms with Crippen molar-refractivity contribution in [2.45, 2.75) is 76.8 Å². The first-order valence-corrected chi connectivity index (χ1v) is 12.6. The molecule has 2 aliphatic rings. The van der Waals surface area contributed by atoms with Gasteiger partial charge in [0.05, 0.1) is 0 Å². The van der Waals surface area contributed by atoms with Gasteiger partial charge < -0.3 is 14.6 Å². The van der Waals surface area contributed by atoms with E-state index < -0.39 is 6.29 Å². The highest BCUT2D eigenvalue weighted by molar-refractivity contribution is 7.94. The average Bonchev–Trinajstić information content (AvgIpc) is 3.71. The van der Waals surface area contributed by atoms with Gasteiger partial charge >= 0.3 is 0 Å². The summed E-state index contributed by atoms with van der Waals surface area (Å²) in [5.41, 5.74) is 0. The van der Waals surface area contributed by atoms with Crippen molar-refractivity contribution in [2.75, 3.05) is 12.3 Å². The van der Waals surface area contributed by atoms with Crippen molar-refractivity contribution in [1.29, 1.82) is 0 Å². The molecule has 0 radical (unpaired) electrons. The quantitative estimate of drug-likeness (QED) is 0.111. The first-order valence-electron chi connectivity index (χ1n) is 11.7. The Morgan fingerprint density at radius 1 is 0.781 bits per heavy atom. The Kier molecular flexibility index (Phi) is 15.2. The van der Waals surface area contributed by atoms with Crippen LogP contribution >= 0.6 is 12.0 Å². The Hall–Kier alpha value is -1.41. The van der Waals surface area contributed by atoms with E-state index in [-0.39, 0.29) is 18.6 Å². The van der Waals surface area contributed by atoms with E-state index in [0.717, 1.165) is 57.2 Å². The van der Waals surface area contributed by atoms with Gasteiger partial charge in [-0.15, -0.1) is 0 Å². The largest absolute Gasteiger partial charge is 0.365 e. The molecule has 32 heavy (non-hydrogen) atoms. The lowest BCUT2D eigenvalue weighted by molar-refractivity contribution is 0.155. The van der Waals surface area contributed by atoms with Gasteiger partial charge in [0.25, 0.3) is 0 Å². The maximum atomic E-state index is 9.00. The molecule has 0 saturated carbocycles. The van der Waals surface area contributed by atoms with E-state index in [2.05, 4.69) is 85.2 Å². The number of epoxide rings is 2. The number of allylic oxidation sites excluding steroid dienone is 11. The van der Waals surface area contributed by atoms with Crippen LogP contribution in [0.25, 0.3) is 0 Å². The predicted octanol–water partition coefficient (Wildman–Crippen LogP) is 5.73. The van der Waals surface area contributed by atoms with Crippen LogP contribution in [-0.2, 0) is 13.7 Å². The van der Waals surface area contributed by atoms with Crippen LogP contribution in [0, 0.1) is 0 Å². The fourth-order valence-corrected chi connectivity index (χ4v) is 3.34. The van der Waals surface area contributed by atoms with Crippen LogP contribution in [0.3, 0.4) is 0 Å². The maximum absolute atomic E-state index is 9.00. The van der Waals surface area contributed by atoms with Crippen LogP contribution in [0.4, 0.5) is 0 Å². The minimum Gasteiger partial charge on any atom is -0.365 e. The summed E-state index contributed by atoms with van der Waals surface area (Å²) in [4.78, 5) is 0. The van der Waals surface area contributed by atoms with Gasteiger partial charge in [-0.1, -0.05) is 79.8 Å². The molecule has 0 amide bonds. The Morgan fingerprint density at radius 3 is 1.78 bits per heavy atom. The third kappa shape index (κ3) is 14.6. The van der Waals surface area contributed by atoms with E-state index in [0.29, 0.717) is 0 Å².